The molecule has 0 aliphatic rings. The molecule has 0 spiro atoms. The highest BCUT2D eigenvalue weighted by Crippen LogP contribution is 1.76. The van der Waals surface area contributed by atoms with Crippen LogP contribution < -0.4 is 0 Å². The number of oxime groups is 1. The molecule has 0 saturated carbocycles. The summed E-state index contributed by atoms with van der Waals surface area (Å²) in [6.45, 7) is 4.36. The lowest BCUT2D eigenvalue weighted by Gasteiger charge is -1.72. The van der Waals surface area contributed by atoms with Crippen molar-refractivity contribution in [2.45, 2.75) is 26.7 Å². The zero-order valence-electron chi connectivity index (χ0n) is 6.81. The summed E-state index contributed by atoms with van der Waals surface area (Å²) in [4.78, 5) is 0.963. The summed E-state index contributed by atoms with van der Waals surface area (Å²) in [7, 11) is 1.86. The van der Waals surface area contributed by atoms with Gasteiger partial charge in [0.1, 0.15) is 0 Å². The second kappa shape index (κ2) is 10.8. The number of unbranched alkanes of at least 4 members (excludes halogenated alkanes) is 1. The fourth-order valence-corrected chi connectivity index (χ4v) is 0. The Morgan fingerprint density at radius 2 is 1.56 bits per heavy atom. The van der Waals surface area contributed by atoms with Crippen molar-refractivity contribution in [3.63, 3.8) is 0 Å². The van der Waals surface area contributed by atoms with Crippen LogP contribution in [0.4, 0.5) is 0 Å². The van der Waals surface area contributed by atoms with Gasteiger partial charge in [0.05, 0.1) is 20.5 Å². The molecule has 4 heteroatoms. The van der Waals surface area contributed by atoms with Gasteiger partial charge in [-0.2, -0.15) is 0 Å². The van der Waals surface area contributed by atoms with Crippen LogP contribution in [0.5, 0.6) is 0 Å². The Morgan fingerprint density at radius 3 is 1.56 bits per heavy atom. The third kappa shape index (κ3) is 32.7. The van der Waals surface area contributed by atoms with Gasteiger partial charge in [0.15, 0.2) is 0 Å². The van der Waals surface area contributed by atoms with Crippen LogP contribution >= 0.6 is 0 Å². The molecule has 0 aliphatic heterocycles. The molecule has 2 nitrogen and oxygen atoms in total. The van der Waals surface area contributed by atoms with Crippen LogP contribution in [0.25, 0.3) is 0 Å². The first-order chi connectivity index (χ1) is 4.18. The van der Waals surface area contributed by atoms with Gasteiger partial charge < -0.3 is 5.21 Å². The van der Waals surface area contributed by atoms with Crippen molar-refractivity contribution in [1.29, 1.82) is 0 Å². The predicted molar refractivity (Wildman–Crippen MR) is 49.7 cm³/mol. The first kappa shape index (κ1) is 11.7. The van der Waals surface area contributed by atoms with E-state index >= 15 is 0 Å². The summed E-state index contributed by atoms with van der Waals surface area (Å²) in [6.07, 6.45) is 2.64. The van der Waals surface area contributed by atoms with Gasteiger partial charge in [-0.05, 0) is 0 Å². The molecule has 0 radical (unpaired) electrons. The summed E-state index contributed by atoms with van der Waals surface area (Å²) in [5.74, 6) is 0. The van der Waals surface area contributed by atoms with Crippen molar-refractivity contribution in [2.75, 3.05) is 0 Å². The van der Waals surface area contributed by atoms with Crippen molar-refractivity contribution in [3.8, 4) is 0 Å². The van der Waals surface area contributed by atoms with Crippen LogP contribution in [0.15, 0.2) is 5.16 Å². The summed E-state index contributed by atoms with van der Waals surface area (Å²) in [5, 5.41) is 10.7. The minimum atomic E-state index is 0.931. The summed E-state index contributed by atoms with van der Waals surface area (Å²) in [6, 6.07) is 0. The van der Waals surface area contributed by atoms with Gasteiger partial charge in [0, 0.05) is 4.96 Å². The molecule has 0 amide bonds. The standard InChI is InChI=1S/C4H10.CH7NOSi2/c1-3-4-2;3-2-1(4)5/h3-4H2,1-2H3;3H,4-5H3. The average Bonchev–Trinajstić information content (AvgIpc) is 1.89. The second-order valence-electron chi connectivity index (χ2n) is 2.05. The molecular weight excluding hydrogens is 146 g/mol. The van der Waals surface area contributed by atoms with Crippen molar-refractivity contribution in [1.82, 2.24) is 0 Å². The van der Waals surface area contributed by atoms with Gasteiger partial charge in [-0.1, -0.05) is 26.7 Å². The molecule has 0 aromatic rings. The zero-order chi connectivity index (χ0) is 7.70. The maximum Gasteiger partial charge on any atom is 0.0544 e. The lowest BCUT2D eigenvalue weighted by atomic mass is 10.4. The molecule has 0 aromatic carbocycles. The van der Waals surface area contributed by atoms with Crippen molar-refractivity contribution in [3.05, 3.63) is 0 Å². The monoisotopic (exact) mass is 163 g/mol. The number of nitrogens with zero attached hydrogens (tertiary/aromatic N) is 1. The molecule has 1 N–H and O–H groups in total. The molecule has 56 valence electrons. The van der Waals surface area contributed by atoms with Gasteiger partial charge in [0.25, 0.3) is 0 Å². The SMILES string of the molecule is CCCC.ON=C([SiH3])[SiH3]. The highest BCUT2D eigenvalue weighted by Gasteiger charge is 1.65. The fourth-order valence-electron chi connectivity index (χ4n) is 0. The fraction of sp³-hybridized carbons (Fsp3) is 0.800. The van der Waals surface area contributed by atoms with Crippen molar-refractivity contribution >= 4 is 25.4 Å². The second-order valence-corrected chi connectivity index (χ2v) is 6.94. The van der Waals surface area contributed by atoms with Crippen LogP contribution in [0.3, 0.4) is 0 Å². The molecule has 0 saturated heterocycles. The van der Waals surface area contributed by atoms with E-state index in [0.29, 0.717) is 0 Å². The van der Waals surface area contributed by atoms with Gasteiger partial charge in [-0.3, -0.25) is 0 Å². The van der Waals surface area contributed by atoms with E-state index in [4.69, 9.17) is 5.21 Å². The summed E-state index contributed by atoms with van der Waals surface area (Å²) >= 11 is 0. The van der Waals surface area contributed by atoms with Gasteiger partial charge in [-0.25, -0.2) is 0 Å². The zero-order valence-corrected chi connectivity index (χ0v) is 10.8. The van der Waals surface area contributed by atoms with Crippen molar-refractivity contribution in [2.24, 2.45) is 5.16 Å². The van der Waals surface area contributed by atoms with Crippen LogP contribution in [0, 0.1) is 0 Å². The molecule has 0 rings (SSSR count). The quantitative estimate of drug-likeness (QED) is 0.235. The van der Waals surface area contributed by atoms with E-state index in [0.717, 1.165) is 25.4 Å². The van der Waals surface area contributed by atoms with Crippen LogP contribution in [0.2, 0.25) is 0 Å². The average molecular weight is 163 g/mol. The highest BCUT2D eigenvalue weighted by atomic mass is 28.2. The Hall–Kier alpha value is -0.0962. The Balaban J connectivity index is 0. The Bertz CT molecular complexity index is 69.4. The Labute approximate surface area is 63.2 Å². The normalized spacial score (nSPS) is 7.78. The smallest absolute Gasteiger partial charge is 0.0544 e. The van der Waals surface area contributed by atoms with E-state index in [-0.39, 0.29) is 0 Å². The summed E-state index contributed by atoms with van der Waals surface area (Å²) < 4.78 is 0. The van der Waals surface area contributed by atoms with Gasteiger partial charge >= 0.3 is 0 Å². The van der Waals surface area contributed by atoms with Gasteiger partial charge in [0.2, 0.25) is 0 Å². The molecule has 0 aliphatic carbocycles. The van der Waals surface area contributed by atoms with E-state index in [1.807, 2.05) is 0 Å². The topological polar surface area (TPSA) is 32.6 Å². The van der Waals surface area contributed by atoms with Crippen LogP contribution in [-0.2, 0) is 0 Å². The molecular formula is C5H17NOSi2. The minimum Gasteiger partial charge on any atom is -0.412 e. The number of rotatable bonds is 1. The van der Waals surface area contributed by atoms with Crippen LogP contribution in [-0.4, -0.2) is 30.7 Å². The lowest BCUT2D eigenvalue weighted by Crippen LogP contribution is -1.92. The first-order valence-electron chi connectivity index (χ1n) is 3.34. The van der Waals surface area contributed by atoms with E-state index in [1.54, 1.807) is 0 Å². The first-order valence-corrected chi connectivity index (χ1v) is 5.34. The molecule has 0 fully saturated rings. The molecule has 0 unspecified atom stereocenters. The Morgan fingerprint density at radius 1 is 1.33 bits per heavy atom. The Kier molecular flexibility index (Phi) is 14.0. The van der Waals surface area contributed by atoms with Gasteiger partial charge in [-0.15, -0.1) is 5.16 Å². The maximum atomic E-state index is 7.80. The largest absolute Gasteiger partial charge is 0.412 e. The third-order valence-corrected chi connectivity index (χ3v) is 1.10. The molecule has 9 heavy (non-hydrogen) atoms. The number of hydrogen-bond donors (Lipinski definition) is 1. The van der Waals surface area contributed by atoms with E-state index in [2.05, 4.69) is 19.0 Å². The van der Waals surface area contributed by atoms with E-state index in [9.17, 15) is 0 Å². The van der Waals surface area contributed by atoms with Crippen LogP contribution in [0.1, 0.15) is 26.7 Å². The highest BCUT2D eigenvalue weighted by molar-refractivity contribution is 6.89. The lowest BCUT2D eigenvalue weighted by molar-refractivity contribution is 0.322. The molecule has 0 atom stereocenters. The molecule has 0 bridgehead atoms. The predicted octanol–water partition coefficient (Wildman–Crippen LogP) is -0.731. The number of hydrogen-bond acceptors (Lipinski definition) is 2. The van der Waals surface area contributed by atoms with Crippen molar-refractivity contribution < 1.29 is 5.21 Å². The molecule has 0 heterocycles. The summed E-state index contributed by atoms with van der Waals surface area (Å²) in [5.41, 5.74) is 0. The minimum absolute atomic E-state index is 0.931. The van der Waals surface area contributed by atoms with E-state index in [1.165, 1.54) is 12.8 Å². The third-order valence-electron chi connectivity index (χ3n) is 0.700. The molecule has 0 aromatic heterocycles. The van der Waals surface area contributed by atoms with E-state index < -0.39 is 0 Å². The maximum absolute atomic E-state index is 7.80.